The predicted molar refractivity (Wildman–Crippen MR) is 80.6 cm³/mol. The summed E-state index contributed by atoms with van der Waals surface area (Å²) in [4.78, 5) is 14.0. The topological polar surface area (TPSA) is 29.5 Å². The monoisotopic (exact) mass is 273 g/mol. The highest BCUT2D eigenvalue weighted by molar-refractivity contribution is 5.99. The van der Waals surface area contributed by atoms with E-state index in [4.69, 9.17) is 4.74 Å². The number of benzene rings is 1. The Morgan fingerprint density at radius 2 is 2.20 bits per heavy atom. The van der Waals surface area contributed by atoms with Gasteiger partial charge in [-0.1, -0.05) is 26.7 Å². The number of hydrogen-bond acceptors (Lipinski definition) is 2. The number of nitrogens with zero attached hydrogens (tertiary/aromatic N) is 1. The van der Waals surface area contributed by atoms with Gasteiger partial charge in [0.05, 0.1) is 12.3 Å². The van der Waals surface area contributed by atoms with Crippen LogP contribution in [0.3, 0.4) is 0 Å². The van der Waals surface area contributed by atoms with Crippen molar-refractivity contribution in [2.75, 3.05) is 18.1 Å². The van der Waals surface area contributed by atoms with Crippen LogP contribution >= 0.6 is 0 Å². The molecule has 108 valence electrons. The summed E-state index contributed by atoms with van der Waals surface area (Å²) < 4.78 is 5.91. The molecule has 0 aliphatic carbocycles. The molecule has 3 rings (SSSR count). The first-order valence-corrected chi connectivity index (χ1v) is 7.80. The molecular weight excluding hydrogens is 250 g/mol. The molecule has 3 heteroatoms. The molecule has 3 nitrogen and oxygen atoms in total. The van der Waals surface area contributed by atoms with Gasteiger partial charge in [-0.25, -0.2) is 0 Å². The van der Waals surface area contributed by atoms with Crippen LogP contribution in [0.4, 0.5) is 5.69 Å². The lowest BCUT2D eigenvalue weighted by Gasteiger charge is -2.29. The number of ether oxygens (including phenoxy) is 1. The van der Waals surface area contributed by atoms with E-state index in [2.05, 4.69) is 26.0 Å². The largest absolute Gasteiger partial charge is 0.494 e. The summed E-state index contributed by atoms with van der Waals surface area (Å²) in [6, 6.07) is 4.29. The minimum Gasteiger partial charge on any atom is -0.494 e. The van der Waals surface area contributed by atoms with Crippen LogP contribution in [-0.2, 0) is 11.2 Å². The average Bonchev–Trinajstić information content (AvgIpc) is 2.85. The fraction of sp³-hybridized carbons (Fsp3) is 0.588. The zero-order chi connectivity index (χ0) is 14.1. The molecule has 0 saturated heterocycles. The SMILES string of the molecule is CCCCCOc1cc2c3c(c1)C(C)CC(=O)N3CC2. The van der Waals surface area contributed by atoms with Gasteiger partial charge in [0.1, 0.15) is 5.75 Å². The highest BCUT2D eigenvalue weighted by Crippen LogP contribution is 2.44. The Morgan fingerprint density at radius 1 is 1.35 bits per heavy atom. The molecule has 1 amide bonds. The quantitative estimate of drug-likeness (QED) is 0.766. The second kappa shape index (κ2) is 5.47. The molecule has 0 fully saturated rings. The van der Waals surface area contributed by atoms with E-state index in [0.717, 1.165) is 31.7 Å². The van der Waals surface area contributed by atoms with Crippen LogP contribution in [-0.4, -0.2) is 19.1 Å². The number of rotatable bonds is 5. The molecule has 2 aliphatic heterocycles. The van der Waals surface area contributed by atoms with Crippen molar-refractivity contribution in [1.29, 1.82) is 0 Å². The molecule has 0 bridgehead atoms. The second-order valence-corrected chi connectivity index (χ2v) is 5.98. The molecule has 1 unspecified atom stereocenters. The summed E-state index contributed by atoms with van der Waals surface area (Å²) in [5.41, 5.74) is 3.76. The van der Waals surface area contributed by atoms with Crippen LogP contribution in [0.2, 0.25) is 0 Å². The highest BCUT2D eigenvalue weighted by Gasteiger charge is 2.34. The lowest BCUT2D eigenvalue weighted by atomic mass is 9.90. The summed E-state index contributed by atoms with van der Waals surface area (Å²) in [7, 11) is 0. The number of unbranched alkanes of at least 4 members (excludes halogenated alkanes) is 2. The lowest BCUT2D eigenvalue weighted by Crippen LogP contribution is -2.34. The maximum Gasteiger partial charge on any atom is 0.227 e. The van der Waals surface area contributed by atoms with Gasteiger partial charge in [0.25, 0.3) is 0 Å². The van der Waals surface area contributed by atoms with Crippen molar-refractivity contribution in [2.45, 2.75) is 51.9 Å². The maximum atomic E-state index is 12.1. The third kappa shape index (κ3) is 2.30. The first kappa shape index (κ1) is 13.5. The third-order valence-electron chi connectivity index (χ3n) is 4.40. The van der Waals surface area contributed by atoms with E-state index in [9.17, 15) is 4.79 Å². The molecule has 0 aromatic heterocycles. The molecule has 20 heavy (non-hydrogen) atoms. The summed E-state index contributed by atoms with van der Waals surface area (Å²) in [5, 5.41) is 0. The predicted octanol–water partition coefficient (Wildman–Crippen LogP) is 3.65. The lowest BCUT2D eigenvalue weighted by molar-refractivity contribution is -0.119. The Kier molecular flexibility index (Phi) is 3.68. The van der Waals surface area contributed by atoms with E-state index >= 15 is 0 Å². The Labute approximate surface area is 120 Å². The molecule has 1 aromatic rings. The second-order valence-electron chi connectivity index (χ2n) is 5.98. The first-order chi connectivity index (χ1) is 9.70. The van der Waals surface area contributed by atoms with Crippen molar-refractivity contribution < 1.29 is 9.53 Å². The smallest absolute Gasteiger partial charge is 0.227 e. The van der Waals surface area contributed by atoms with E-state index in [-0.39, 0.29) is 5.91 Å². The van der Waals surface area contributed by atoms with Gasteiger partial charge in [0.2, 0.25) is 5.91 Å². The first-order valence-electron chi connectivity index (χ1n) is 7.80. The van der Waals surface area contributed by atoms with Crippen LogP contribution in [0, 0.1) is 0 Å². The zero-order valence-electron chi connectivity index (χ0n) is 12.4. The number of carbonyl (C=O) groups excluding carboxylic acids is 1. The molecule has 1 aromatic carbocycles. The van der Waals surface area contributed by atoms with E-state index in [0.29, 0.717) is 12.3 Å². The normalized spacial score (nSPS) is 20.2. The van der Waals surface area contributed by atoms with Crippen LogP contribution in [0.15, 0.2) is 12.1 Å². The molecule has 0 radical (unpaired) electrons. The fourth-order valence-corrected chi connectivity index (χ4v) is 3.29. The zero-order valence-corrected chi connectivity index (χ0v) is 12.4. The van der Waals surface area contributed by atoms with E-state index in [1.807, 2.05) is 4.90 Å². The Morgan fingerprint density at radius 3 is 3.00 bits per heavy atom. The Bertz CT molecular complexity index is 524. The van der Waals surface area contributed by atoms with Gasteiger partial charge in [-0.2, -0.15) is 0 Å². The molecular formula is C17H23NO2. The molecule has 2 heterocycles. The number of hydrogen-bond donors (Lipinski definition) is 0. The van der Waals surface area contributed by atoms with E-state index in [1.54, 1.807) is 0 Å². The fourth-order valence-electron chi connectivity index (χ4n) is 3.29. The minimum atomic E-state index is 0.278. The number of carbonyl (C=O) groups is 1. The Hall–Kier alpha value is -1.51. The van der Waals surface area contributed by atoms with Crippen LogP contribution in [0.5, 0.6) is 5.75 Å². The van der Waals surface area contributed by atoms with Gasteiger partial charge in [-0.3, -0.25) is 4.79 Å². The van der Waals surface area contributed by atoms with Crippen LogP contribution in [0.25, 0.3) is 0 Å². The highest BCUT2D eigenvalue weighted by atomic mass is 16.5. The number of anilines is 1. The van der Waals surface area contributed by atoms with Gasteiger partial charge in [-0.15, -0.1) is 0 Å². The maximum absolute atomic E-state index is 12.1. The molecule has 0 saturated carbocycles. The van der Waals surface area contributed by atoms with Gasteiger partial charge in [-0.05, 0) is 42.0 Å². The molecule has 0 spiro atoms. The molecule has 1 atom stereocenters. The van der Waals surface area contributed by atoms with Crippen LogP contribution < -0.4 is 9.64 Å². The van der Waals surface area contributed by atoms with E-state index < -0.39 is 0 Å². The molecule has 0 N–H and O–H groups in total. The van der Waals surface area contributed by atoms with Crippen molar-refractivity contribution >= 4 is 11.6 Å². The van der Waals surface area contributed by atoms with Gasteiger partial charge < -0.3 is 9.64 Å². The standard InChI is InChI=1S/C17H23NO2/c1-3-4-5-8-20-14-10-13-6-7-18-16(19)9-12(2)15(11-14)17(13)18/h10-12H,3-9H2,1-2H3. The summed E-state index contributed by atoms with van der Waals surface area (Å²) in [6.07, 6.45) is 5.14. The summed E-state index contributed by atoms with van der Waals surface area (Å²) in [5.74, 6) is 1.57. The van der Waals surface area contributed by atoms with Crippen molar-refractivity contribution in [3.63, 3.8) is 0 Å². The average molecular weight is 273 g/mol. The van der Waals surface area contributed by atoms with Crippen molar-refractivity contribution in [3.05, 3.63) is 23.3 Å². The van der Waals surface area contributed by atoms with Crippen molar-refractivity contribution in [1.82, 2.24) is 0 Å². The van der Waals surface area contributed by atoms with E-state index in [1.165, 1.54) is 29.7 Å². The van der Waals surface area contributed by atoms with Crippen molar-refractivity contribution in [2.24, 2.45) is 0 Å². The van der Waals surface area contributed by atoms with Crippen LogP contribution in [0.1, 0.15) is 56.6 Å². The minimum absolute atomic E-state index is 0.278. The third-order valence-corrected chi connectivity index (χ3v) is 4.40. The summed E-state index contributed by atoms with van der Waals surface area (Å²) >= 11 is 0. The van der Waals surface area contributed by atoms with Crippen molar-refractivity contribution in [3.8, 4) is 5.75 Å². The Balaban J connectivity index is 1.83. The van der Waals surface area contributed by atoms with Gasteiger partial charge >= 0.3 is 0 Å². The van der Waals surface area contributed by atoms with Gasteiger partial charge in [0.15, 0.2) is 0 Å². The number of amides is 1. The summed E-state index contributed by atoms with van der Waals surface area (Å²) in [6.45, 7) is 5.98. The van der Waals surface area contributed by atoms with Gasteiger partial charge in [0, 0.05) is 13.0 Å². The molecule has 2 aliphatic rings.